The molecular weight excluding hydrogens is 250 g/mol. The molecule has 1 rings (SSSR count). The molecule has 19 heavy (non-hydrogen) atoms. The number of amides is 1. The van der Waals surface area contributed by atoms with E-state index in [9.17, 15) is 13.6 Å². The van der Waals surface area contributed by atoms with Crippen LogP contribution >= 0.6 is 0 Å². The Hall–Kier alpha value is -1.49. The van der Waals surface area contributed by atoms with E-state index >= 15 is 0 Å². The molecule has 1 unspecified atom stereocenters. The Kier molecular flexibility index (Phi) is 5.42. The van der Waals surface area contributed by atoms with Crippen molar-refractivity contribution in [1.29, 1.82) is 0 Å². The number of alkyl halides is 2. The van der Waals surface area contributed by atoms with Crippen LogP contribution in [0.15, 0.2) is 30.3 Å². The minimum atomic E-state index is -2.99. The van der Waals surface area contributed by atoms with Crippen molar-refractivity contribution in [1.82, 2.24) is 10.6 Å². The van der Waals surface area contributed by atoms with Crippen LogP contribution in [0.3, 0.4) is 0 Å². The van der Waals surface area contributed by atoms with Crippen LogP contribution in [0.5, 0.6) is 0 Å². The van der Waals surface area contributed by atoms with Crippen molar-refractivity contribution in [3.63, 3.8) is 0 Å². The van der Waals surface area contributed by atoms with E-state index < -0.39 is 18.5 Å². The molecule has 0 saturated carbocycles. The van der Waals surface area contributed by atoms with Gasteiger partial charge in [0, 0.05) is 11.6 Å². The first kappa shape index (κ1) is 15.6. The van der Waals surface area contributed by atoms with E-state index in [1.807, 2.05) is 13.8 Å². The SMILES string of the molecule is CC(C)NC(=O)C(C)NCC(F)(F)c1ccccc1. The van der Waals surface area contributed by atoms with Crippen molar-refractivity contribution < 1.29 is 13.6 Å². The lowest BCUT2D eigenvalue weighted by atomic mass is 10.1. The van der Waals surface area contributed by atoms with Gasteiger partial charge in [0.15, 0.2) is 0 Å². The molecule has 1 atom stereocenters. The third kappa shape index (κ3) is 4.95. The van der Waals surface area contributed by atoms with Crippen molar-refractivity contribution in [2.75, 3.05) is 6.54 Å². The summed E-state index contributed by atoms with van der Waals surface area (Å²) in [4.78, 5) is 11.6. The molecule has 0 spiro atoms. The Morgan fingerprint density at radius 3 is 2.32 bits per heavy atom. The van der Waals surface area contributed by atoms with Crippen LogP contribution in [0.2, 0.25) is 0 Å². The van der Waals surface area contributed by atoms with Crippen LogP contribution in [0.1, 0.15) is 26.3 Å². The van der Waals surface area contributed by atoms with E-state index in [0.29, 0.717) is 0 Å². The molecular formula is C14H20F2N2O. The molecule has 2 N–H and O–H groups in total. The number of halogens is 2. The van der Waals surface area contributed by atoms with Gasteiger partial charge in [-0.25, -0.2) is 0 Å². The predicted molar refractivity (Wildman–Crippen MR) is 71.1 cm³/mol. The number of nitrogens with one attached hydrogen (secondary N) is 2. The van der Waals surface area contributed by atoms with Crippen molar-refractivity contribution in [3.8, 4) is 0 Å². The minimum absolute atomic E-state index is 0.00798. The zero-order chi connectivity index (χ0) is 14.5. The summed E-state index contributed by atoms with van der Waals surface area (Å²) in [6.07, 6.45) is 0. The fourth-order valence-electron chi connectivity index (χ4n) is 1.57. The van der Waals surface area contributed by atoms with Crippen LogP contribution in [-0.4, -0.2) is 24.5 Å². The molecule has 0 radical (unpaired) electrons. The van der Waals surface area contributed by atoms with E-state index in [0.717, 1.165) is 0 Å². The van der Waals surface area contributed by atoms with Gasteiger partial charge in [0.25, 0.3) is 5.92 Å². The molecule has 1 amide bonds. The lowest BCUT2D eigenvalue weighted by molar-refractivity contribution is -0.123. The highest BCUT2D eigenvalue weighted by Crippen LogP contribution is 2.26. The van der Waals surface area contributed by atoms with Gasteiger partial charge in [-0.1, -0.05) is 30.3 Å². The summed E-state index contributed by atoms with van der Waals surface area (Å²) < 4.78 is 27.7. The molecule has 0 aromatic heterocycles. The first-order valence-electron chi connectivity index (χ1n) is 6.30. The highest BCUT2D eigenvalue weighted by molar-refractivity contribution is 5.81. The quantitative estimate of drug-likeness (QED) is 0.832. The van der Waals surface area contributed by atoms with Crippen LogP contribution < -0.4 is 10.6 Å². The number of carbonyl (C=O) groups excluding carboxylic acids is 1. The van der Waals surface area contributed by atoms with Gasteiger partial charge in [-0.2, -0.15) is 8.78 Å². The molecule has 0 saturated heterocycles. The fraction of sp³-hybridized carbons (Fsp3) is 0.500. The van der Waals surface area contributed by atoms with Crippen molar-refractivity contribution in [2.45, 2.75) is 38.8 Å². The first-order chi connectivity index (χ1) is 8.83. The number of hydrogen-bond acceptors (Lipinski definition) is 2. The summed E-state index contributed by atoms with van der Waals surface area (Å²) in [5.41, 5.74) is -0.0565. The fourth-order valence-corrected chi connectivity index (χ4v) is 1.57. The van der Waals surface area contributed by atoms with Gasteiger partial charge in [0.2, 0.25) is 5.91 Å². The van der Waals surface area contributed by atoms with Crippen LogP contribution in [0, 0.1) is 0 Å². The number of benzene rings is 1. The average Bonchev–Trinajstić information content (AvgIpc) is 2.36. The predicted octanol–water partition coefficient (Wildman–Crippen LogP) is 2.28. The lowest BCUT2D eigenvalue weighted by Crippen LogP contribution is -2.47. The molecule has 0 aliphatic rings. The van der Waals surface area contributed by atoms with Gasteiger partial charge in [-0.15, -0.1) is 0 Å². The lowest BCUT2D eigenvalue weighted by Gasteiger charge is -2.21. The standard InChI is InChI=1S/C14H20F2N2O/c1-10(2)18-13(19)11(3)17-9-14(15,16)12-7-5-4-6-8-12/h4-8,10-11,17H,9H2,1-3H3,(H,18,19). The van der Waals surface area contributed by atoms with E-state index in [1.165, 1.54) is 12.1 Å². The highest BCUT2D eigenvalue weighted by Gasteiger charge is 2.32. The maximum atomic E-state index is 13.8. The van der Waals surface area contributed by atoms with E-state index in [-0.39, 0.29) is 17.5 Å². The zero-order valence-corrected chi connectivity index (χ0v) is 11.4. The summed E-state index contributed by atoms with van der Waals surface area (Å²) in [5, 5.41) is 5.24. The van der Waals surface area contributed by atoms with Gasteiger partial charge < -0.3 is 10.6 Å². The normalized spacial score (nSPS) is 13.4. The Balaban J connectivity index is 2.54. The van der Waals surface area contributed by atoms with Crippen molar-refractivity contribution in [3.05, 3.63) is 35.9 Å². The Labute approximate surface area is 112 Å². The monoisotopic (exact) mass is 270 g/mol. The molecule has 0 bridgehead atoms. The van der Waals surface area contributed by atoms with Gasteiger partial charge >= 0.3 is 0 Å². The van der Waals surface area contributed by atoms with Gasteiger partial charge in [0.1, 0.15) is 0 Å². The van der Waals surface area contributed by atoms with Gasteiger partial charge in [-0.05, 0) is 20.8 Å². The third-order valence-electron chi connectivity index (χ3n) is 2.65. The maximum Gasteiger partial charge on any atom is 0.285 e. The Bertz CT molecular complexity index is 407. The van der Waals surface area contributed by atoms with E-state index in [1.54, 1.807) is 25.1 Å². The minimum Gasteiger partial charge on any atom is -0.353 e. The molecule has 1 aromatic carbocycles. The second-order valence-corrected chi connectivity index (χ2v) is 4.84. The summed E-state index contributed by atoms with van der Waals surface area (Å²) in [5.74, 6) is -3.27. The van der Waals surface area contributed by atoms with Crippen molar-refractivity contribution in [2.24, 2.45) is 0 Å². The smallest absolute Gasteiger partial charge is 0.285 e. The molecule has 1 aromatic rings. The maximum absolute atomic E-state index is 13.8. The summed E-state index contributed by atoms with van der Waals surface area (Å²) in [7, 11) is 0. The highest BCUT2D eigenvalue weighted by atomic mass is 19.3. The van der Waals surface area contributed by atoms with Crippen molar-refractivity contribution >= 4 is 5.91 Å². The van der Waals surface area contributed by atoms with E-state index in [2.05, 4.69) is 10.6 Å². The summed E-state index contributed by atoms with van der Waals surface area (Å²) >= 11 is 0. The second-order valence-electron chi connectivity index (χ2n) is 4.84. The Morgan fingerprint density at radius 2 is 1.79 bits per heavy atom. The second kappa shape index (κ2) is 6.61. The molecule has 0 fully saturated rings. The van der Waals surface area contributed by atoms with Crippen LogP contribution in [0.25, 0.3) is 0 Å². The first-order valence-corrected chi connectivity index (χ1v) is 6.30. The summed E-state index contributed by atoms with van der Waals surface area (Å²) in [6.45, 7) is 4.65. The van der Waals surface area contributed by atoms with Gasteiger partial charge in [0.05, 0.1) is 12.6 Å². The van der Waals surface area contributed by atoms with E-state index in [4.69, 9.17) is 0 Å². The molecule has 106 valence electrons. The average molecular weight is 270 g/mol. The number of carbonyl (C=O) groups is 1. The largest absolute Gasteiger partial charge is 0.353 e. The zero-order valence-electron chi connectivity index (χ0n) is 11.4. The van der Waals surface area contributed by atoms with Crippen LogP contribution in [-0.2, 0) is 10.7 Å². The number of rotatable bonds is 6. The topological polar surface area (TPSA) is 41.1 Å². The molecule has 3 nitrogen and oxygen atoms in total. The third-order valence-corrected chi connectivity index (χ3v) is 2.65. The molecule has 0 aliphatic heterocycles. The van der Waals surface area contributed by atoms with Crippen LogP contribution in [0.4, 0.5) is 8.78 Å². The Morgan fingerprint density at radius 1 is 1.21 bits per heavy atom. The molecule has 0 aliphatic carbocycles. The summed E-state index contributed by atoms with van der Waals surface area (Å²) in [6, 6.07) is 6.91. The van der Waals surface area contributed by atoms with Gasteiger partial charge in [-0.3, -0.25) is 4.79 Å². The number of hydrogen-bond donors (Lipinski definition) is 2. The molecule has 5 heteroatoms. The molecule has 0 heterocycles.